The second-order valence-corrected chi connectivity index (χ2v) is 9.18. The average molecular weight is 556 g/mol. The molecule has 0 saturated carbocycles. The van der Waals surface area contributed by atoms with Crippen LogP contribution in [0.1, 0.15) is 11.4 Å². The van der Waals surface area contributed by atoms with Gasteiger partial charge >= 0.3 is 11.6 Å². The lowest BCUT2D eigenvalue weighted by atomic mass is 10.1. The number of aliphatic hydroxyl groups is 1. The van der Waals surface area contributed by atoms with E-state index in [2.05, 4.69) is 15.1 Å². The Kier molecular flexibility index (Phi) is 6.89. The van der Waals surface area contributed by atoms with Crippen LogP contribution in [0.4, 0.5) is 0 Å². The van der Waals surface area contributed by atoms with Crippen LogP contribution in [0.3, 0.4) is 0 Å². The largest absolute Gasteiger partial charge is 0.507 e. The highest BCUT2D eigenvalue weighted by molar-refractivity contribution is 5.90. The third-order valence-electron chi connectivity index (χ3n) is 6.44. The SMILES string of the molecule is N#CC(=C(O)COC(=O)/C=C/c1cn(-c2ccccc2)nc1-c1cc2ccccc2oc1=O)c1nc2ccccc2[nH]1. The third kappa shape index (κ3) is 5.17. The Morgan fingerprint density at radius 2 is 1.83 bits per heavy atom. The molecule has 0 spiro atoms. The average Bonchev–Trinajstić information content (AvgIpc) is 3.64. The highest BCUT2D eigenvalue weighted by atomic mass is 16.5. The number of rotatable bonds is 7. The molecular weight excluding hydrogens is 534 g/mol. The summed E-state index contributed by atoms with van der Waals surface area (Å²) in [6, 6.07) is 27.2. The number of hydrogen-bond donors (Lipinski definition) is 2. The number of nitrogens with zero attached hydrogens (tertiary/aromatic N) is 4. The maximum absolute atomic E-state index is 12.9. The molecule has 42 heavy (non-hydrogen) atoms. The number of aromatic nitrogens is 4. The van der Waals surface area contributed by atoms with Crippen molar-refractivity contribution in [2.45, 2.75) is 0 Å². The number of carbonyl (C=O) groups is 1. The minimum absolute atomic E-state index is 0.141. The Morgan fingerprint density at radius 1 is 1.07 bits per heavy atom. The molecule has 6 aromatic rings. The van der Waals surface area contributed by atoms with E-state index in [9.17, 15) is 20.0 Å². The van der Waals surface area contributed by atoms with Crippen LogP contribution in [-0.4, -0.2) is 37.4 Å². The summed E-state index contributed by atoms with van der Waals surface area (Å²) in [6.07, 6.45) is 4.29. The maximum Gasteiger partial charge on any atom is 0.345 e. The van der Waals surface area contributed by atoms with Gasteiger partial charge < -0.3 is 19.2 Å². The number of fused-ring (bicyclic) bond motifs is 2. The lowest BCUT2D eigenvalue weighted by molar-refractivity contribution is -0.137. The summed E-state index contributed by atoms with van der Waals surface area (Å²) in [6.45, 7) is -0.548. The molecule has 0 bridgehead atoms. The summed E-state index contributed by atoms with van der Waals surface area (Å²) < 4.78 is 12.3. The summed E-state index contributed by atoms with van der Waals surface area (Å²) >= 11 is 0. The lowest BCUT2D eigenvalue weighted by Crippen LogP contribution is -2.06. The van der Waals surface area contributed by atoms with E-state index in [1.54, 1.807) is 47.3 Å². The van der Waals surface area contributed by atoms with Crippen molar-refractivity contribution in [1.82, 2.24) is 19.7 Å². The number of hydrogen-bond acceptors (Lipinski definition) is 8. The van der Waals surface area contributed by atoms with Crippen LogP contribution >= 0.6 is 0 Å². The van der Waals surface area contributed by atoms with Gasteiger partial charge in [-0.3, -0.25) is 0 Å². The number of carbonyl (C=O) groups excluding carboxylic acids is 1. The van der Waals surface area contributed by atoms with Crippen LogP contribution in [0.2, 0.25) is 0 Å². The molecule has 0 aliphatic rings. The summed E-state index contributed by atoms with van der Waals surface area (Å²) in [4.78, 5) is 32.8. The molecule has 3 aromatic carbocycles. The van der Waals surface area contributed by atoms with Gasteiger partial charge in [-0.1, -0.05) is 48.5 Å². The zero-order valence-corrected chi connectivity index (χ0v) is 21.9. The topological polar surface area (TPSA) is 147 Å². The van der Waals surface area contributed by atoms with Gasteiger partial charge in [0.25, 0.3) is 0 Å². The van der Waals surface area contributed by atoms with E-state index in [-0.39, 0.29) is 17.0 Å². The highest BCUT2D eigenvalue weighted by Gasteiger charge is 2.17. The molecular formula is C32H21N5O5. The second-order valence-electron chi connectivity index (χ2n) is 9.18. The molecule has 3 heterocycles. The van der Waals surface area contributed by atoms with Gasteiger partial charge in [-0.2, -0.15) is 10.4 Å². The number of allylic oxidation sites excluding steroid dienone is 1. The molecule has 10 heteroatoms. The molecule has 10 nitrogen and oxygen atoms in total. The maximum atomic E-state index is 12.9. The number of para-hydroxylation sites is 4. The number of nitrogens with one attached hydrogen (secondary N) is 1. The van der Waals surface area contributed by atoms with E-state index in [4.69, 9.17) is 9.15 Å². The fourth-order valence-corrected chi connectivity index (χ4v) is 4.40. The lowest BCUT2D eigenvalue weighted by Gasteiger charge is -2.03. The van der Waals surface area contributed by atoms with Crippen molar-refractivity contribution < 1.29 is 19.1 Å². The molecule has 0 amide bonds. The fourth-order valence-electron chi connectivity index (χ4n) is 4.40. The van der Waals surface area contributed by atoms with Crippen molar-refractivity contribution in [3.8, 4) is 23.0 Å². The molecule has 3 aromatic heterocycles. The minimum Gasteiger partial charge on any atom is -0.507 e. The van der Waals surface area contributed by atoms with Gasteiger partial charge in [0.2, 0.25) is 0 Å². The van der Waals surface area contributed by atoms with Crippen molar-refractivity contribution in [2.75, 3.05) is 6.61 Å². The molecule has 204 valence electrons. The van der Waals surface area contributed by atoms with Gasteiger partial charge in [0.05, 0.1) is 22.3 Å². The van der Waals surface area contributed by atoms with E-state index in [0.717, 1.165) is 17.1 Å². The molecule has 0 aliphatic carbocycles. The number of aromatic amines is 1. The Balaban J connectivity index is 1.28. The van der Waals surface area contributed by atoms with Crippen molar-refractivity contribution in [3.63, 3.8) is 0 Å². The summed E-state index contributed by atoms with van der Waals surface area (Å²) in [5.41, 5.74) is 2.78. The second kappa shape index (κ2) is 11.1. The fraction of sp³-hybridized carbons (Fsp3) is 0.0312. The smallest absolute Gasteiger partial charge is 0.345 e. The third-order valence-corrected chi connectivity index (χ3v) is 6.44. The van der Waals surface area contributed by atoms with Gasteiger partial charge in [0, 0.05) is 23.2 Å². The number of benzene rings is 3. The summed E-state index contributed by atoms with van der Waals surface area (Å²) in [5.74, 6) is -1.08. The molecule has 0 saturated heterocycles. The monoisotopic (exact) mass is 555 g/mol. The molecule has 0 aliphatic heterocycles. The van der Waals surface area contributed by atoms with E-state index >= 15 is 0 Å². The number of aliphatic hydroxyl groups excluding tert-OH is 1. The number of ether oxygens (including phenoxy) is 1. The number of H-pyrrole nitrogens is 1. The summed E-state index contributed by atoms with van der Waals surface area (Å²) in [7, 11) is 0. The Morgan fingerprint density at radius 3 is 2.64 bits per heavy atom. The van der Waals surface area contributed by atoms with Gasteiger partial charge in [-0.25, -0.2) is 19.3 Å². The van der Waals surface area contributed by atoms with Crippen molar-refractivity contribution in [2.24, 2.45) is 0 Å². The molecule has 6 rings (SSSR count). The molecule has 0 unspecified atom stereocenters. The van der Waals surface area contributed by atoms with Gasteiger partial charge in [-0.15, -0.1) is 0 Å². The van der Waals surface area contributed by atoms with Crippen molar-refractivity contribution in [3.05, 3.63) is 125 Å². The number of imidazole rings is 1. The molecule has 0 fully saturated rings. The predicted molar refractivity (Wildman–Crippen MR) is 156 cm³/mol. The molecule has 0 radical (unpaired) electrons. The van der Waals surface area contributed by atoms with E-state index in [0.29, 0.717) is 27.9 Å². The van der Waals surface area contributed by atoms with Crippen molar-refractivity contribution in [1.29, 1.82) is 5.26 Å². The number of esters is 1. The van der Waals surface area contributed by atoms with Crippen molar-refractivity contribution >= 4 is 39.6 Å². The minimum atomic E-state index is -0.785. The quantitative estimate of drug-likeness (QED) is 0.0854. The van der Waals surface area contributed by atoms with Crippen LogP contribution in [0.15, 0.2) is 112 Å². The van der Waals surface area contributed by atoms with Crippen LogP contribution < -0.4 is 5.63 Å². The van der Waals surface area contributed by atoms with Gasteiger partial charge in [-0.05, 0) is 42.5 Å². The Hall–Kier alpha value is -6.21. The van der Waals surface area contributed by atoms with Crippen LogP contribution in [0, 0.1) is 11.3 Å². The predicted octanol–water partition coefficient (Wildman–Crippen LogP) is 5.57. The Labute approximate surface area is 238 Å². The van der Waals surface area contributed by atoms with Gasteiger partial charge in [0.1, 0.15) is 29.5 Å². The van der Waals surface area contributed by atoms with Crippen LogP contribution in [-0.2, 0) is 9.53 Å². The summed E-state index contributed by atoms with van der Waals surface area (Å²) in [5, 5.41) is 25.4. The number of nitriles is 1. The first-order chi connectivity index (χ1) is 20.5. The van der Waals surface area contributed by atoms with E-state index in [1.807, 2.05) is 54.6 Å². The highest BCUT2D eigenvalue weighted by Crippen LogP contribution is 2.26. The zero-order chi connectivity index (χ0) is 29.1. The van der Waals surface area contributed by atoms with Gasteiger partial charge in [0.15, 0.2) is 11.6 Å². The first-order valence-corrected chi connectivity index (χ1v) is 12.8. The first-order valence-electron chi connectivity index (χ1n) is 12.8. The van der Waals surface area contributed by atoms with Crippen LogP contribution in [0.25, 0.3) is 50.6 Å². The Bertz CT molecular complexity index is 2080. The zero-order valence-electron chi connectivity index (χ0n) is 21.9. The first kappa shape index (κ1) is 26.0. The van der Waals surface area contributed by atoms with E-state index < -0.39 is 24.0 Å². The van der Waals surface area contributed by atoms with Crippen LogP contribution in [0.5, 0.6) is 0 Å². The molecule has 0 atom stereocenters. The standard InChI is InChI=1S/C32H21N5O5/c33-17-24(31-34-25-11-5-6-12-26(25)35-31)27(38)19-41-29(39)15-14-21-18-37(22-9-2-1-3-10-22)36-30(21)23-16-20-8-4-7-13-28(20)42-32(23)40/h1-16,18,38H,19H2,(H,34,35)/b15-14+,27-24?. The normalized spacial score (nSPS) is 12.0. The molecule has 2 N–H and O–H groups in total. The van der Waals surface area contributed by atoms with E-state index in [1.165, 1.54) is 6.08 Å².